The molecule has 2 aromatic heterocycles. The maximum absolute atomic E-state index is 4.40. The molecule has 15 heavy (non-hydrogen) atoms. The first-order valence-electron chi connectivity index (χ1n) is 5.40. The van der Waals surface area contributed by atoms with Gasteiger partial charge in [-0.3, -0.25) is 0 Å². The molecule has 0 aromatic carbocycles. The van der Waals surface area contributed by atoms with Crippen LogP contribution in [0.25, 0.3) is 10.1 Å². The summed E-state index contributed by atoms with van der Waals surface area (Å²) >= 11 is 1.76. The fourth-order valence-electron chi connectivity index (χ4n) is 1.75. The van der Waals surface area contributed by atoms with Crippen molar-refractivity contribution >= 4 is 27.2 Å². The van der Waals surface area contributed by atoms with E-state index in [1.807, 2.05) is 6.20 Å². The number of thiophene rings is 1. The fourth-order valence-corrected chi connectivity index (χ4v) is 2.53. The molecular weight excluding hydrogens is 204 g/mol. The molecule has 1 unspecified atom stereocenters. The Hall–Kier alpha value is -1.09. The van der Waals surface area contributed by atoms with Gasteiger partial charge in [-0.1, -0.05) is 13.3 Å². The largest absolute Gasteiger partial charge is 0.367 e. The number of fused-ring (bicyclic) bond motifs is 1. The van der Waals surface area contributed by atoms with Gasteiger partial charge in [-0.15, -0.1) is 11.3 Å². The summed E-state index contributed by atoms with van der Waals surface area (Å²) in [4.78, 5) is 4.40. The number of aromatic nitrogens is 1. The van der Waals surface area contributed by atoms with Crippen molar-refractivity contribution in [2.45, 2.75) is 32.7 Å². The van der Waals surface area contributed by atoms with Gasteiger partial charge in [0.1, 0.15) is 5.82 Å². The first kappa shape index (κ1) is 10.4. The summed E-state index contributed by atoms with van der Waals surface area (Å²) in [6.45, 7) is 4.41. The van der Waals surface area contributed by atoms with E-state index in [0.717, 1.165) is 5.82 Å². The van der Waals surface area contributed by atoms with Gasteiger partial charge in [0.2, 0.25) is 0 Å². The average Bonchev–Trinajstić information content (AvgIpc) is 2.67. The number of nitrogens with one attached hydrogen (secondary N) is 1. The van der Waals surface area contributed by atoms with Crippen LogP contribution in [-0.4, -0.2) is 11.0 Å². The molecule has 2 heterocycles. The maximum Gasteiger partial charge on any atom is 0.134 e. The van der Waals surface area contributed by atoms with Crippen LogP contribution in [0.2, 0.25) is 0 Å². The van der Waals surface area contributed by atoms with E-state index in [1.54, 1.807) is 11.3 Å². The van der Waals surface area contributed by atoms with E-state index in [-0.39, 0.29) is 0 Å². The van der Waals surface area contributed by atoms with Crippen molar-refractivity contribution in [1.29, 1.82) is 0 Å². The van der Waals surface area contributed by atoms with Crippen LogP contribution in [0, 0.1) is 0 Å². The fraction of sp³-hybridized carbons (Fsp3) is 0.417. The molecule has 1 N–H and O–H groups in total. The summed E-state index contributed by atoms with van der Waals surface area (Å²) in [6.07, 6.45) is 4.26. The molecule has 0 radical (unpaired) electrons. The van der Waals surface area contributed by atoms with Crippen molar-refractivity contribution in [3.05, 3.63) is 23.7 Å². The smallest absolute Gasteiger partial charge is 0.134 e. The van der Waals surface area contributed by atoms with Crippen LogP contribution in [0.3, 0.4) is 0 Å². The van der Waals surface area contributed by atoms with Gasteiger partial charge in [0.05, 0.1) is 0 Å². The van der Waals surface area contributed by atoms with E-state index in [0.29, 0.717) is 6.04 Å². The lowest BCUT2D eigenvalue weighted by Gasteiger charge is -2.13. The summed E-state index contributed by atoms with van der Waals surface area (Å²) in [5, 5.41) is 6.82. The molecule has 2 rings (SSSR count). The van der Waals surface area contributed by atoms with Gasteiger partial charge in [0, 0.05) is 22.3 Å². The highest BCUT2D eigenvalue weighted by Crippen LogP contribution is 2.26. The molecule has 80 valence electrons. The van der Waals surface area contributed by atoms with Crippen LogP contribution in [0.1, 0.15) is 26.7 Å². The van der Waals surface area contributed by atoms with Gasteiger partial charge >= 0.3 is 0 Å². The Balaban J connectivity index is 2.23. The summed E-state index contributed by atoms with van der Waals surface area (Å²) in [7, 11) is 0. The quantitative estimate of drug-likeness (QED) is 0.845. The van der Waals surface area contributed by atoms with Gasteiger partial charge < -0.3 is 5.32 Å². The zero-order chi connectivity index (χ0) is 10.7. The highest BCUT2D eigenvalue weighted by atomic mass is 32.1. The summed E-state index contributed by atoms with van der Waals surface area (Å²) in [5.74, 6) is 1.02. The van der Waals surface area contributed by atoms with Crippen LogP contribution in [0.15, 0.2) is 23.7 Å². The Labute approximate surface area is 94.3 Å². The molecule has 0 bridgehead atoms. The van der Waals surface area contributed by atoms with Crippen molar-refractivity contribution in [3.63, 3.8) is 0 Å². The third kappa shape index (κ3) is 2.29. The summed E-state index contributed by atoms with van der Waals surface area (Å²) < 4.78 is 1.30. The average molecular weight is 220 g/mol. The SMILES string of the molecule is CCCC(C)Nc1nccc2sccc12. The zero-order valence-corrected chi connectivity index (χ0v) is 9.97. The van der Waals surface area contributed by atoms with Crippen molar-refractivity contribution < 1.29 is 0 Å². The maximum atomic E-state index is 4.40. The van der Waals surface area contributed by atoms with E-state index in [2.05, 4.69) is 41.7 Å². The van der Waals surface area contributed by atoms with Crippen LogP contribution >= 0.6 is 11.3 Å². The first-order chi connectivity index (χ1) is 7.31. The van der Waals surface area contributed by atoms with Gasteiger partial charge in [-0.2, -0.15) is 0 Å². The molecule has 2 nitrogen and oxygen atoms in total. The first-order valence-corrected chi connectivity index (χ1v) is 6.28. The van der Waals surface area contributed by atoms with Crippen molar-refractivity contribution in [2.75, 3.05) is 5.32 Å². The molecule has 3 heteroatoms. The predicted octanol–water partition coefficient (Wildman–Crippen LogP) is 3.90. The lowest BCUT2D eigenvalue weighted by molar-refractivity contribution is 0.688. The number of rotatable bonds is 4. The summed E-state index contributed by atoms with van der Waals surface area (Å²) in [6, 6.07) is 4.69. The topological polar surface area (TPSA) is 24.9 Å². The second-order valence-corrected chi connectivity index (χ2v) is 4.77. The van der Waals surface area contributed by atoms with Gasteiger partial charge in [-0.05, 0) is 30.9 Å². The minimum absolute atomic E-state index is 0.494. The van der Waals surface area contributed by atoms with Gasteiger partial charge in [-0.25, -0.2) is 4.98 Å². The minimum atomic E-state index is 0.494. The third-order valence-electron chi connectivity index (χ3n) is 2.48. The molecule has 0 spiro atoms. The Morgan fingerprint density at radius 3 is 3.13 bits per heavy atom. The summed E-state index contributed by atoms with van der Waals surface area (Å²) in [5.41, 5.74) is 0. The highest BCUT2D eigenvalue weighted by molar-refractivity contribution is 7.17. The Morgan fingerprint density at radius 1 is 1.47 bits per heavy atom. The zero-order valence-electron chi connectivity index (χ0n) is 9.16. The molecule has 0 saturated heterocycles. The third-order valence-corrected chi connectivity index (χ3v) is 3.37. The second-order valence-electron chi connectivity index (χ2n) is 3.83. The molecular formula is C12H16N2S. The van der Waals surface area contributed by atoms with Crippen molar-refractivity contribution in [1.82, 2.24) is 4.98 Å². The number of hydrogen-bond donors (Lipinski definition) is 1. The highest BCUT2D eigenvalue weighted by Gasteiger charge is 2.06. The van der Waals surface area contributed by atoms with Gasteiger partial charge in [0.25, 0.3) is 0 Å². The predicted molar refractivity (Wildman–Crippen MR) is 67.6 cm³/mol. The lowest BCUT2D eigenvalue weighted by atomic mass is 10.2. The van der Waals surface area contributed by atoms with Gasteiger partial charge in [0.15, 0.2) is 0 Å². The Kier molecular flexibility index (Phi) is 3.21. The van der Waals surface area contributed by atoms with Crippen LogP contribution < -0.4 is 5.32 Å². The molecule has 0 aliphatic rings. The number of anilines is 1. The number of pyridine rings is 1. The molecule has 2 aromatic rings. The molecule has 0 aliphatic carbocycles. The van der Waals surface area contributed by atoms with E-state index >= 15 is 0 Å². The lowest BCUT2D eigenvalue weighted by Crippen LogP contribution is -2.15. The Morgan fingerprint density at radius 2 is 2.33 bits per heavy atom. The molecule has 1 atom stereocenters. The van der Waals surface area contributed by atoms with E-state index in [9.17, 15) is 0 Å². The van der Waals surface area contributed by atoms with Crippen LogP contribution in [0.5, 0.6) is 0 Å². The standard InChI is InChI=1S/C12H16N2S/c1-3-4-9(2)14-12-10-6-8-15-11(10)5-7-13-12/h5-9H,3-4H2,1-2H3,(H,13,14). The number of nitrogens with zero attached hydrogens (tertiary/aromatic N) is 1. The molecule has 0 fully saturated rings. The molecule has 0 aliphatic heterocycles. The second kappa shape index (κ2) is 4.62. The minimum Gasteiger partial charge on any atom is -0.367 e. The van der Waals surface area contributed by atoms with E-state index in [4.69, 9.17) is 0 Å². The van der Waals surface area contributed by atoms with Crippen LogP contribution in [0.4, 0.5) is 5.82 Å². The van der Waals surface area contributed by atoms with Crippen molar-refractivity contribution in [2.24, 2.45) is 0 Å². The number of hydrogen-bond acceptors (Lipinski definition) is 3. The van der Waals surface area contributed by atoms with Crippen molar-refractivity contribution in [3.8, 4) is 0 Å². The van der Waals surface area contributed by atoms with E-state index in [1.165, 1.54) is 22.9 Å². The molecule has 0 saturated carbocycles. The Bertz CT molecular complexity index is 436. The molecule has 0 amide bonds. The van der Waals surface area contributed by atoms with E-state index < -0.39 is 0 Å². The monoisotopic (exact) mass is 220 g/mol. The van der Waals surface area contributed by atoms with Crippen LogP contribution in [-0.2, 0) is 0 Å². The normalized spacial score (nSPS) is 12.9.